The van der Waals surface area contributed by atoms with Crippen LogP contribution in [0, 0.1) is 6.92 Å². The zero-order valence-electron chi connectivity index (χ0n) is 13.5. The van der Waals surface area contributed by atoms with Crippen molar-refractivity contribution in [3.05, 3.63) is 29.3 Å². The van der Waals surface area contributed by atoms with Gasteiger partial charge >= 0.3 is 0 Å². The van der Waals surface area contributed by atoms with E-state index in [1.807, 2.05) is 0 Å². The van der Waals surface area contributed by atoms with E-state index >= 15 is 0 Å². The quantitative estimate of drug-likeness (QED) is 0.914. The number of benzene rings is 1. The molecule has 0 saturated carbocycles. The predicted octanol–water partition coefficient (Wildman–Crippen LogP) is 3.11. The Bertz CT molecular complexity index is 454. The summed E-state index contributed by atoms with van der Waals surface area (Å²) in [5.74, 6) is 0. The summed E-state index contributed by atoms with van der Waals surface area (Å²) in [5, 5.41) is 3.65. The van der Waals surface area contributed by atoms with Crippen LogP contribution in [0.2, 0.25) is 0 Å². The van der Waals surface area contributed by atoms with Crippen LogP contribution < -0.4 is 10.2 Å². The molecule has 0 aliphatic carbocycles. The second-order valence-corrected chi connectivity index (χ2v) is 6.71. The maximum Gasteiger partial charge on any atom is 0.0645 e. The van der Waals surface area contributed by atoms with E-state index in [4.69, 9.17) is 4.74 Å². The Morgan fingerprint density at radius 2 is 2.10 bits per heavy atom. The lowest BCUT2D eigenvalue weighted by molar-refractivity contribution is 0.0836. The Labute approximate surface area is 123 Å². The lowest BCUT2D eigenvalue weighted by Crippen LogP contribution is -2.47. The average Bonchev–Trinajstić information content (AvgIpc) is 2.46. The molecule has 0 amide bonds. The number of anilines is 1. The van der Waals surface area contributed by atoms with Crippen LogP contribution in [0.4, 0.5) is 5.69 Å². The molecule has 0 atom stereocenters. The first kappa shape index (κ1) is 15.3. The summed E-state index contributed by atoms with van der Waals surface area (Å²) in [7, 11) is 0. The van der Waals surface area contributed by atoms with E-state index in [2.05, 4.69) is 63.0 Å². The highest BCUT2D eigenvalue weighted by Crippen LogP contribution is 2.27. The van der Waals surface area contributed by atoms with Crippen LogP contribution in [0.1, 0.15) is 38.8 Å². The molecule has 0 spiro atoms. The van der Waals surface area contributed by atoms with Crippen LogP contribution in [-0.4, -0.2) is 31.3 Å². The molecule has 0 unspecified atom stereocenters. The van der Waals surface area contributed by atoms with Crippen molar-refractivity contribution in [1.82, 2.24) is 5.32 Å². The molecular weight excluding hydrogens is 248 g/mol. The molecule has 112 valence electrons. The minimum absolute atomic E-state index is 0.116. The molecule has 1 aliphatic rings. The molecular formula is C17H28N2O. The van der Waals surface area contributed by atoms with Crippen molar-refractivity contribution >= 4 is 5.69 Å². The van der Waals surface area contributed by atoms with Gasteiger partial charge in [0.25, 0.3) is 0 Å². The smallest absolute Gasteiger partial charge is 0.0645 e. The standard InChI is InChI=1S/C17H28N2O/c1-13(2)20-9-8-19-12-17(4,5)18-11-15-10-14(3)6-7-16(15)19/h6-7,10,13,18H,8-9,11-12H2,1-5H3. The number of hydrogen-bond donors (Lipinski definition) is 1. The van der Waals surface area contributed by atoms with Crippen molar-refractivity contribution in [2.75, 3.05) is 24.6 Å². The van der Waals surface area contributed by atoms with Gasteiger partial charge in [0, 0.05) is 30.9 Å². The van der Waals surface area contributed by atoms with E-state index in [1.165, 1.54) is 16.8 Å². The Balaban J connectivity index is 2.18. The number of nitrogens with one attached hydrogen (secondary N) is 1. The number of ether oxygens (including phenoxy) is 1. The highest BCUT2D eigenvalue weighted by atomic mass is 16.5. The van der Waals surface area contributed by atoms with Gasteiger partial charge in [0.15, 0.2) is 0 Å². The average molecular weight is 276 g/mol. The fourth-order valence-corrected chi connectivity index (χ4v) is 2.72. The third-order valence-corrected chi connectivity index (χ3v) is 3.73. The lowest BCUT2D eigenvalue weighted by atomic mass is 10.1. The van der Waals surface area contributed by atoms with E-state index in [9.17, 15) is 0 Å². The van der Waals surface area contributed by atoms with Crippen molar-refractivity contribution < 1.29 is 4.74 Å². The van der Waals surface area contributed by atoms with Gasteiger partial charge in [0.2, 0.25) is 0 Å². The van der Waals surface area contributed by atoms with Crippen molar-refractivity contribution in [3.8, 4) is 0 Å². The summed E-state index contributed by atoms with van der Waals surface area (Å²) in [4.78, 5) is 2.46. The Morgan fingerprint density at radius 1 is 1.35 bits per heavy atom. The SMILES string of the molecule is Cc1ccc2c(c1)CNC(C)(C)CN2CCOC(C)C. The second-order valence-electron chi connectivity index (χ2n) is 6.71. The largest absolute Gasteiger partial charge is 0.377 e. The summed E-state index contributed by atoms with van der Waals surface area (Å²) < 4.78 is 5.73. The van der Waals surface area contributed by atoms with Gasteiger partial charge in [0.05, 0.1) is 12.7 Å². The van der Waals surface area contributed by atoms with E-state index in [0.29, 0.717) is 6.10 Å². The molecule has 2 rings (SSSR count). The molecule has 3 nitrogen and oxygen atoms in total. The summed E-state index contributed by atoms with van der Waals surface area (Å²) >= 11 is 0. The fourth-order valence-electron chi connectivity index (χ4n) is 2.72. The highest BCUT2D eigenvalue weighted by molar-refractivity contribution is 5.56. The van der Waals surface area contributed by atoms with Crippen LogP contribution in [0.3, 0.4) is 0 Å². The van der Waals surface area contributed by atoms with Gasteiger partial charge in [0.1, 0.15) is 0 Å². The summed E-state index contributed by atoms with van der Waals surface area (Å²) in [6.07, 6.45) is 0.297. The number of aryl methyl sites for hydroxylation is 1. The number of hydrogen-bond acceptors (Lipinski definition) is 3. The van der Waals surface area contributed by atoms with Gasteiger partial charge in [-0.1, -0.05) is 17.7 Å². The zero-order chi connectivity index (χ0) is 14.8. The van der Waals surface area contributed by atoms with Crippen LogP contribution in [0.25, 0.3) is 0 Å². The molecule has 1 heterocycles. The lowest BCUT2D eigenvalue weighted by Gasteiger charge is -2.32. The van der Waals surface area contributed by atoms with E-state index < -0.39 is 0 Å². The third-order valence-electron chi connectivity index (χ3n) is 3.73. The fraction of sp³-hybridized carbons (Fsp3) is 0.647. The zero-order valence-corrected chi connectivity index (χ0v) is 13.5. The molecule has 1 N–H and O–H groups in total. The number of fused-ring (bicyclic) bond motifs is 1. The Hall–Kier alpha value is -1.06. The minimum Gasteiger partial charge on any atom is -0.377 e. The van der Waals surface area contributed by atoms with Gasteiger partial charge in [-0.3, -0.25) is 0 Å². The molecule has 0 saturated heterocycles. The highest BCUT2D eigenvalue weighted by Gasteiger charge is 2.26. The van der Waals surface area contributed by atoms with E-state index in [1.54, 1.807) is 0 Å². The molecule has 1 aromatic rings. The van der Waals surface area contributed by atoms with Crippen LogP contribution >= 0.6 is 0 Å². The van der Waals surface area contributed by atoms with Crippen LogP contribution in [-0.2, 0) is 11.3 Å². The summed E-state index contributed by atoms with van der Waals surface area (Å²) in [6.45, 7) is 14.5. The first-order valence-corrected chi connectivity index (χ1v) is 7.58. The normalized spacial score (nSPS) is 18.0. The van der Waals surface area contributed by atoms with Crippen LogP contribution in [0.5, 0.6) is 0 Å². The minimum atomic E-state index is 0.116. The molecule has 0 aromatic heterocycles. The van der Waals surface area contributed by atoms with E-state index in [0.717, 1.165) is 26.2 Å². The van der Waals surface area contributed by atoms with Gasteiger partial charge in [-0.15, -0.1) is 0 Å². The molecule has 3 heteroatoms. The monoisotopic (exact) mass is 276 g/mol. The van der Waals surface area contributed by atoms with Gasteiger partial charge in [-0.05, 0) is 46.2 Å². The van der Waals surface area contributed by atoms with Crippen molar-refractivity contribution in [2.45, 2.75) is 52.8 Å². The maximum atomic E-state index is 5.73. The Morgan fingerprint density at radius 3 is 2.80 bits per heavy atom. The molecule has 0 fully saturated rings. The van der Waals surface area contributed by atoms with Crippen molar-refractivity contribution in [2.24, 2.45) is 0 Å². The first-order valence-electron chi connectivity index (χ1n) is 7.58. The van der Waals surface area contributed by atoms with Crippen molar-refractivity contribution in [1.29, 1.82) is 0 Å². The summed E-state index contributed by atoms with van der Waals surface area (Å²) in [6, 6.07) is 6.75. The second kappa shape index (κ2) is 6.15. The van der Waals surface area contributed by atoms with Gasteiger partial charge in [-0.2, -0.15) is 0 Å². The van der Waals surface area contributed by atoms with Gasteiger partial charge < -0.3 is 15.0 Å². The third kappa shape index (κ3) is 3.97. The van der Waals surface area contributed by atoms with Gasteiger partial charge in [-0.25, -0.2) is 0 Å². The molecule has 1 aromatic carbocycles. The first-order chi connectivity index (χ1) is 9.37. The Kier molecular flexibility index (Phi) is 4.71. The predicted molar refractivity (Wildman–Crippen MR) is 85.4 cm³/mol. The molecule has 0 radical (unpaired) electrons. The summed E-state index contributed by atoms with van der Waals surface area (Å²) in [5.41, 5.74) is 4.18. The van der Waals surface area contributed by atoms with Crippen LogP contribution in [0.15, 0.2) is 18.2 Å². The molecule has 20 heavy (non-hydrogen) atoms. The molecule has 0 bridgehead atoms. The molecule has 1 aliphatic heterocycles. The van der Waals surface area contributed by atoms with E-state index in [-0.39, 0.29) is 5.54 Å². The number of nitrogens with zero attached hydrogens (tertiary/aromatic N) is 1. The number of rotatable bonds is 4. The topological polar surface area (TPSA) is 24.5 Å². The van der Waals surface area contributed by atoms with Crippen molar-refractivity contribution in [3.63, 3.8) is 0 Å². The maximum absolute atomic E-state index is 5.73.